The van der Waals surface area contributed by atoms with Crippen molar-refractivity contribution in [2.24, 2.45) is 5.41 Å². The molecular weight excluding hydrogens is 262 g/mol. The number of Topliss-reactive ketones (excluding diaryl/α,β-unsaturated/α-hetero) is 1. The summed E-state index contributed by atoms with van der Waals surface area (Å²) in [5.41, 5.74) is 2.45. The van der Waals surface area contributed by atoms with Crippen LogP contribution < -0.4 is 4.74 Å². The highest BCUT2D eigenvalue weighted by atomic mass is 16.5. The van der Waals surface area contributed by atoms with E-state index >= 15 is 0 Å². The van der Waals surface area contributed by atoms with E-state index in [9.17, 15) is 4.79 Å². The SMILES string of the molecule is CCC1(CC)CCN(CC(=O)c2ccc3c(c2)CCO3)C1. The van der Waals surface area contributed by atoms with Crippen molar-refractivity contribution in [1.29, 1.82) is 0 Å². The van der Waals surface area contributed by atoms with Crippen molar-refractivity contribution >= 4 is 5.78 Å². The molecule has 0 aliphatic carbocycles. The molecule has 0 N–H and O–H groups in total. The Kier molecular flexibility index (Phi) is 4.03. The Morgan fingerprint density at radius 1 is 1.33 bits per heavy atom. The molecule has 21 heavy (non-hydrogen) atoms. The predicted molar refractivity (Wildman–Crippen MR) is 84.0 cm³/mol. The number of likely N-dealkylation sites (tertiary alicyclic amines) is 1. The van der Waals surface area contributed by atoms with Crippen LogP contribution in [0.5, 0.6) is 5.75 Å². The lowest BCUT2D eigenvalue weighted by atomic mass is 9.82. The summed E-state index contributed by atoms with van der Waals surface area (Å²) in [4.78, 5) is 14.8. The Morgan fingerprint density at radius 3 is 2.86 bits per heavy atom. The monoisotopic (exact) mass is 287 g/mol. The van der Waals surface area contributed by atoms with E-state index in [2.05, 4.69) is 18.7 Å². The van der Waals surface area contributed by atoms with Crippen molar-refractivity contribution in [1.82, 2.24) is 4.90 Å². The van der Waals surface area contributed by atoms with Gasteiger partial charge in [0, 0.05) is 18.5 Å². The Hall–Kier alpha value is -1.35. The van der Waals surface area contributed by atoms with Crippen molar-refractivity contribution in [2.75, 3.05) is 26.2 Å². The second-order valence-electron chi connectivity index (χ2n) is 6.51. The number of hydrogen-bond donors (Lipinski definition) is 0. The zero-order valence-corrected chi connectivity index (χ0v) is 13.2. The standard InChI is InChI=1S/C18H25NO2/c1-3-18(4-2)8-9-19(13-18)12-16(20)14-5-6-17-15(11-14)7-10-21-17/h5-6,11H,3-4,7-10,12-13H2,1-2H3. The summed E-state index contributed by atoms with van der Waals surface area (Å²) >= 11 is 0. The molecule has 0 amide bonds. The number of nitrogens with zero attached hydrogens (tertiary/aromatic N) is 1. The van der Waals surface area contributed by atoms with Crippen LogP contribution in [-0.4, -0.2) is 36.9 Å². The summed E-state index contributed by atoms with van der Waals surface area (Å²) in [6, 6.07) is 5.88. The summed E-state index contributed by atoms with van der Waals surface area (Å²) < 4.78 is 5.50. The lowest BCUT2D eigenvalue weighted by molar-refractivity contribution is 0.0936. The third-order valence-electron chi connectivity index (χ3n) is 5.40. The molecule has 1 fully saturated rings. The molecule has 0 unspecified atom stereocenters. The number of ketones is 1. The number of benzene rings is 1. The maximum absolute atomic E-state index is 12.5. The van der Waals surface area contributed by atoms with E-state index in [0.717, 1.165) is 37.4 Å². The molecule has 2 aliphatic rings. The lowest BCUT2D eigenvalue weighted by Crippen LogP contribution is -2.31. The molecule has 3 heteroatoms. The quantitative estimate of drug-likeness (QED) is 0.778. The summed E-state index contributed by atoms with van der Waals surface area (Å²) in [7, 11) is 0. The first kappa shape index (κ1) is 14.6. The second kappa shape index (κ2) is 5.80. The molecule has 0 atom stereocenters. The molecule has 0 spiro atoms. The molecule has 1 saturated heterocycles. The van der Waals surface area contributed by atoms with Gasteiger partial charge in [-0.15, -0.1) is 0 Å². The highest BCUT2D eigenvalue weighted by Gasteiger charge is 2.35. The Morgan fingerprint density at radius 2 is 2.14 bits per heavy atom. The van der Waals surface area contributed by atoms with Crippen LogP contribution in [0.1, 0.15) is 49.0 Å². The van der Waals surface area contributed by atoms with Gasteiger partial charge in [0.25, 0.3) is 0 Å². The van der Waals surface area contributed by atoms with Gasteiger partial charge in [0.15, 0.2) is 5.78 Å². The Balaban J connectivity index is 1.65. The van der Waals surface area contributed by atoms with Crippen LogP contribution >= 0.6 is 0 Å². The van der Waals surface area contributed by atoms with Crippen LogP contribution in [0.25, 0.3) is 0 Å². The largest absolute Gasteiger partial charge is 0.493 e. The number of ether oxygens (including phenoxy) is 1. The fraction of sp³-hybridized carbons (Fsp3) is 0.611. The van der Waals surface area contributed by atoms with Crippen LogP contribution in [0.15, 0.2) is 18.2 Å². The van der Waals surface area contributed by atoms with Crippen molar-refractivity contribution in [3.05, 3.63) is 29.3 Å². The van der Waals surface area contributed by atoms with Crippen LogP contribution in [0.3, 0.4) is 0 Å². The van der Waals surface area contributed by atoms with Gasteiger partial charge in [0.05, 0.1) is 13.2 Å². The number of carbonyl (C=O) groups is 1. The van der Waals surface area contributed by atoms with Crippen molar-refractivity contribution in [3.8, 4) is 5.75 Å². The highest BCUT2D eigenvalue weighted by Crippen LogP contribution is 2.37. The molecular formula is C18H25NO2. The van der Waals surface area contributed by atoms with Crippen LogP contribution in [0, 0.1) is 5.41 Å². The zero-order chi connectivity index (χ0) is 14.9. The molecule has 1 aromatic rings. The molecule has 2 heterocycles. The molecule has 0 bridgehead atoms. The van der Waals surface area contributed by atoms with Gasteiger partial charge in [-0.2, -0.15) is 0 Å². The fourth-order valence-corrected chi connectivity index (χ4v) is 3.64. The van der Waals surface area contributed by atoms with Gasteiger partial charge >= 0.3 is 0 Å². The first-order chi connectivity index (χ1) is 10.2. The van der Waals surface area contributed by atoms with Crippen molar-refractivity contribution < 1.29 is 9.53 Å². The number of rotatable bonds is 5. The average molecular weight is 287 g/mol. The summed E-state index contributed by atoms with van der Waals surface area (Å²) in [6.45, 7) is 7.97. The summed E-state index contributed by atoms with van der Waals surface area (Å²) in [6.07, 6.45) is 4.58. The second-order valence-corrected chi connectivity index (χ2v) is 6.51. The van der Waals surface area contributed by atoms with E-state index in [1.165, 1.54) is 24.8 Å². The highest BCUT2D eigenvalue weighted by molar-refractivity contribution is 5.98. The first-order valence-corrected chi connectivity index (χ1v) is 8.17. The van der Waals surface area contributed by atoms with Gasteiger partial charge in [-0.25, -0.2) is 0 Å². The van der Waals surface area contributed by atoms with Crippen LogP contribution in [0.4, 0.5) is 0 Å². The van der Waals surface area contributed by atoms with Gasteiger partial charge in [0.2, 0.25) is 0 Å². The van der Waals surface area contributed by atoms with E-state index in [4.69, 9.17) is 4.74 Å². The van der Waals surface area contributed by atoms with Crippen LogP contribution in [-0.2, 0) is 6.42 Å². The van der Waals surface area contributed by atoms with Gasteiger partial charge in [0.1, 0.15) is 5.75 Å². The summed E-state index contributed by atoms with van der Waals surface area (Å²) in [5, 5.41) is 0. The molecule has 2 aliphatic heterocycles. The zero-order valence-electron chi connectivity index (χ0n) is 13.2. The molecule has 3 rings (SSSR count). The van der Waals surface area contributed by atoms with E-state index in [-0.39, 0.29) is 5.78 Å². The smallest absolute Gasteiger partial charge is 0.176 e. The van der Waals surface area contributed by atoms with E-state index in [1.807, 2.05) is 18.2 Å². The molecule has 3 nitrogen and oxygen atoms in total. The lowest BCUT2D eigenvalue weighted by Gasteiger charge is -2.26. The third kappa shape index (κ3) is 2.84. The minimum absolute atomic E-state index is 0.243. The van der Waals surface area contributed by atoms with Gasteiger partial charge in [-0.1, -0.05) is 13.8 Å². The predicted octanol–water partition coefficient (Wildman–Crippen LogP) is 3.32. The van der Waals surface area contributed by atoms with Crippen molar-refractivity contribution in [3.63, 3.8) is 0 Å². The minimum Gasteiger partial charge on any atom is -0.493 e. The first-order valence-electron chi connectivity index (χ1n) is 8.17. The Labute approximate surface area is 127 Å². The van der Waals surface area contributed by atoms with E-state index < -0.39 is 0 Å². The normalized spacial score (nSPS) is 20.3. The fourth-order valence-electron chi connectivity index (χ4n) is 3.64. The maximum Gasteiger partial charge on any atom is 0.176 e. The van der Waals surface area contributed by atoms with Gasteiger partial charge in [-0.3, -0.25) is 9.69 Å². The van der Waals surface area contributed by atoms with Crippen molar-refractivity contribution in [2.45, 2.75) is 39.5 Å². The summed E-state index contributed by atoms with van der Waals surface area (Å²) in [5.74, 6) is 1.19. The molecule has 0 saturated carbocycles. The molecule has 0 aromatic heterocycles. The molecule has 114 valence electrons. The van der Waals surface area contributed by atoms with Crippen LogP contribution in [0.2, 0.25) is 0 Å². The number of fused-ring (bicyclic) bond motifs is 1. The minimum atomic E-state index is 0.243. The van der Waals surface area contributed by atoms with E-state index in [1.54, 1.807) is 0 Å². The third-order valence-corrected chi connectivity index (χ3v) is 5.40. The Bertz CT molecular complexity index is 534. The molecule has 1 aromatic carbocycles. The van der Waals surface area contributed by atoms with Gasteiger partial charge < -0.3 is 4.74 Å². The topological polar surface area (TPSA) is 29.5 Å². The van der Waals surface area contributed by atoms with Gasteiger partial charge in [-0.05, 0) is 55.0 Å². The maximum atomic E-state index is 12.5. The molecule has 0 radical (unpaired) electrons. The number of hydrogen-bond acceptors (Lipinski definition) is 3. The van der Waals surface area contributed by atoms with E-state index in [0.29, 0.717) is 12.0 Å². The number of carbonyl (C=O) groups excluding carboxylic acids is 1. The average Bonchev–Trinajstić information content (AvgIpc) is 3.13.